The van der Waals surface area contributed by atoms with Gasteiger partial charge in [-0.15, -0.1) is 0 Å². The van der Waals surface area contributed by atoms with Gasteiger partial charge in [-0.3, -0.25) is 0 Å². The van der Waals surface area contributed by atoms with E-state index in [0.29, 0.717) is 12.8 Å². The molecule has 0 saturated heterocycles. The highest BCUT2D eigenvalue weighted by atomic mass is 16.4. The van der Waals surface area contributed by atoms with Crippen LogP contribution in [0.2, 0.25) is 0 Å². The van der Waals surface area contributed by atoms with E-state index in [1.165, 1.54) is 13.8 Å². The van der Waals surface area contributed by atoms with E-state index in [4.69, 9.17) is 10.2 Å². The third-order valence-corrected chi connectivity index (χ3v) is 4.39. The van der Waals surface area contributed by atoms with Crippen LogP contribution in [0.3, 0.4) is 0 Å². The Morgan fingerprint density at radius 3 is 1.70 bits per heavy atom. The molecule has 0 aromatic heterocycles. The number of carbonyl (C=O) groups is 2. The summed E-state index contributed by atoms with van der Waals surface area (Å²) in [6, 6.07) is 0. The molecule has 0 radical (unpaired) electrons. The van der Waals surface area contributed by atoms with Gasteiger partial charge in [0.15, 0.2) is 0 Å². The fourth-order valence-electron chi connectivity index (χ4n) is 2.62. The summed E-state index contributed by atoms with van der Waals surface area (Å²) in [6.07, 6.45) is 4.64. The lowest BCUT2D eigenvalue weighted by molar-refractivity contribution is -0.133. The molecule has 6 nitrogen and oxygen atoms in total. The normalized spacial score (nSPS) is 18.2. The van der Waals surface area contributed by atoms with E-state index in [2.05, 4.69) is 0 Å². The van der Waals surface area contributed by atoms with Crippen LogP contribution in [0, 0.1) is 5.41 Å². The molecule has 0 aromatic carbocycles. The van der Waals surface area contributed by atoms with E-state index >= 15 is 0 Å². The highest BCUT2D eigenvalue weighted by molar-refractivity contribution is 5.87. The maximum absolute atomic E-state index is 11.1. The Morgan fingerprint density at radius 2 is 1.43 bits per heavy atom. The number of carboxylic acids is 2. The van der Waals surface area contributed by atoms with Crippen molar-refractivity contribution in [2.75, 3.05) is 6.61 Å². The van der Waals surface area contributed by atoms with Crippen molar-refractivity contribution < 1.29 is 30.0 Å². The number of hydrogen-bond acceptors (Lipinski definition) is 4. The Balaban J connectivity index is 6.29. The highest BCUT2D eigenvalue weighted by Gasteiger charge is 2.46. The molecule has 0 amide bonds. The Kier molecular flexibility index (Phi) is 8.20. The van der Waals surface area contributed by atoms with Gasteiger partial charge in [0, 0.05) is 16.6 Å². The molecule has 0 rings (SSSR count). The van der Waals surface area contributed by atoms with Crippen molar-refractivity contribution in [3.63, 3.8) is 0 Å². The summed E-state index contributed by atoms with van der Waals surface area (Å²) in [5.41, 5.74) is -3.12. The van der Waals surface area contributed by atoms with Crippen LogP contribution in [0.15, 0.2) is 23.3 Å². The molecular weight excluding hydrogens is 300 g/mol. The van der Waals surface area contributed by atoms with E-state index in [0.717, 1.165) is 25.0 Å². The SMILES string of the molecule is CCCCC(CC)(CO)C(O)(C=C(C)C(=O)O)C=C(C)C(=O)O. The van der Waals surface area contributed by atoms with Crippen LogP contribution in [-0.2, 0) is 9.59 Å². The highest BCUT2D eigenvalue weighted by Crippen LogP contribution is 2.43. The summed E-state index contributed by atoms with van der Waals surface area (Å²) in [4.78, 5) is 22.3. The molecule has 1 atom stereocenters. The lowest BCUT2D eigenvalue weighted by Crippen LogP contribution is -2.48. The number of aliphatic hydroxyl groups is 2. The van der Waals surface area contributed by atoms with Crippen molar-refractivity contribution in [1.82, 2.24) is 0 Å². The van der Waals surface area contributed by atoms with Gasteiger partial charge in [-0.05, 0) is 38.8 Å². The van der Waals surface area contributed by atoms with Crippen molar-refractivity contribution in [3.05, 3.63) is 23.3 Å². The first-order chi connectivity index (χ1) is 10.6. The summed E-state index contributed by atoms with van der Waals surface area (Å²) >= 11 is 0. The van der Waals surface area contributed by atoms with Gasteiger partial charge in [0.25, 0.3) is 0 Å². The van der Waals surface area contributed by atoms with E-state index in [1.54, 1.807) is 6.92 Å². The van der Waals surface area contributed by atoms with Crippen LogP contribution >= 0.6 is 0 Å². The summed E-state index contributed by atoms with van der Waals surface area (Å²) in [5.74, 6) is -2.41. The Bertz CT molecular complexity index is 455. The van der Waals surface area contributed by atoms with Crippen molar-refractivity contribution in [2.24, 2.45) is 5.41 Å². The quantitative estimate of drug-likeness (QED) is 0.458. The van der Waals surface area contributed by atoms with Crippen LogP contribution in [0.4, 0.5) is 0 Å². The molecule has 0 bridgehead atoms. The number of rotatable bonds is 10. The lowest BCUT2D eigenvalue weighted by atomic mass is 9.66. The van der Waals surface area contributed by atoms with Gasteiger partial charge in [-0.25, -0.2) is 9.59 Å². The number of carboxylic acid groups (broad SMARTS) is 2. The monoisotopic (exact) mass is 328 g/mol. The molecule has 6 heteroatoms. The first-order valence-electron chi connectivity index (χ1n) is 7.77. The number of aliphatic hydroxyl groups excluding tert-OH is 1. The average molecular weight is 328 g/mol. The topological polar surface area (TPSA) is 115 Å². The average Bonchev–Trinajstić information content (AvgIpc) is 2.48. The number of unbranched alkanes of at least 4 members (excludes halogenated alkanes) is 1. The maximum atomic E-state index is 11.1. The Hall–Kier alpha value is -1.66. The van der Waals surface area contributed by atoms with Crippen LogP contribution in [-0.4, -0.2) is 44.6 Å². The molecule has 0 fully saturated rings. The molecule has 0 aliphatic carbocycles. The minimum Gasteiger partial charge on any atom is -0.478 e. The van der Waals surface area contributed by atoms with Crippen LogP contribution in [0.25, 0.3) is 0 Å². The first-order valence-corrected chi connectivity index (χ1v) is 7.77. The smallest absolute Gasteiger partial charge is 0.331 e. The molecular formula is C17H28O6. The standard InChI is InChI=1S/C17H28O6/c1-5-7-8-16(6-2,11-18)17(23,9-12(3)14(19)20)10-13(4)15(21)22/h9-10,18,23H,5-8,11H2,1-4H3,(H,19,20)(H,21,22). The second kappa shape index (κ2) is 8.84. The number of aliphatic carboxylic acids is 2. The minimum absolute atomic E-state index is 0.107. The van der Waals surface area contributed by atoms with E-state index in [1.807, 2.05) is 6.92 Å². The third-order valence-electron chi connectivity index (χ3n) is 4.39. The Morgan fingerprint density at radius 1 is 1.00 bits per heavy atom. The summed E-state index contributed by atoms with van der Waals surface area (Å²) in [5, 5.41) is 39.3. The molecule has 0 aromatic rings. The molecule has 4 N–H and O–H groups in total. The predicted molar refractivity (Wildman–Crippen MR) is 87.1 cm³/mol. The first kappa shape index (κ1) is 21.3. The van der Waals surface area contributed by atoms with Crippen molar-refractivity contribution in [2.45, 2.75) is 59.0 Å². The van der Waals surface area contributed by atoms with Crippen molar-refractivity contribution in [1.29, 1.82) is 0 Å². The van der Waals surface area contributed by atoms with Gasteiger partial charge in [0.2, 0.25) is 0 Å². The van der Waals surface area contributed by atoms with Crippen molar-refractivity contribution in [3.8, 4) is 0 Å². The van der Waals surface area contributed by atoms with Crippen LogP contribution in [0.5, 0.6) is 0 Å². The predicted octanol–water partition coefficient (Wildman–Crippen LogP) is 2.36. The van der Waals surface area contributed by atoms with E-state index in [9.17, 15) is 19.8 Å². The third kappa shape index (κ3) is 5.18. The summed E-state index contributed by atoms with van der Waals surface area (Å²) < 4.78 is 0. The van der Waals surface area contributed by atoms with Crippen molar-refractivity contribution >= 4 is 11.9 Å². The fourth-order valence-corrected chi connectivity index (χ4v) is 2.62. The number of hydrogen-bond donors (Lipinski definition) is 4. The minimum atomic E-state index is -1.86. The molecule has 0 saturated carbocycles. The van der Waals surface area contributed by atoms with E-state index < -0.39 is 23.0 Å². The molecule has 132 valence electrons. The van der Waals surface area contributed by atoms with E-state index in [-0.39, 0.29) is 17.8 Å². The maximum Gasteiger partial charge on any atom is 0.331 e. The van der Waals surface area contributed by atoms with Gasteiger partial charge in [0.1, 0.15) is 5.60 Å². The zero-order chi connectivity index (χ0) is 18.3. The largest absolute Gasteiger partial charge is 0.478 e. The fraction of sp³-hybridized carbons (Fsp3) is 0.647. The summed E-state index contributed by atoms with van der Waals surface area (Å²) in [6.45, 7) is 6.02. The molecule has 0 aliphatic heterocycles. The van der Waals surface area contributed by atoms with Gasteiger partial charge >= 0.3 is 11.9 Å². The molecule has 0 aliphatic rings. The zero-order valence-electron chi connectivity index (χ0n) is 14.3. The second-order valence-corrected chi connectivity index (χ2v) is 5.99. The zero-order valence-corrected chi connectivity index (χ0v) is 14.3. The van der Waals surface area contributed by atoms with Crippen LogP contribution < -0.4 is 0 Å². The van der Waals surface area contributed by atoms with Gasteiger partial charge in [0.05, 0.1) is 6.61 Å². The van der Waals surface area contributed by atoms with Gasteiger partial charge in [-0.2, -0.15) is 0 Å². The van der Waals surface area contributed by atoms with Crippen LogP contribution in [0.1, 0.15) is 53.4 Å². The molecule has 23 heavy (non-hydrogen) atoms. The molecule has 0 spiro atoms. The molecule has 0 heterocycles. The van der Waals surface area contributed by atoms with Gasteiger partial charge < -0.3 is 20.4 Å². The Labute approximate surface area is 137 Å². The lowest BCUT2D eigenvalue weighted by Gasteiger charge is -2.43. The summed E-state index contributed by atoms with van der Waals surface area (Å²) in [7, 11) is 0. The van der Waals surface area contributed by atoms with Gasteiger partial charge in [-0.1, -0.05) is 26.7 Å². The second-order valence-electron chi connectivity index (χ2n) is 5.99. The molecule has 1 unspecified atom stereocenters.